The van der Waals surface area contributed by atoms with Gasteiger partial charge in [0.15, 0.2) is 6.04 Å². The standard InChI is InChI=1S/C24H26N2O/c1-19(26(2)18-20-12-6-3-7-13-20)24(27)25-23(21-14-8-4-9-15-21)22-16-10-5-11-17-22/h3-17,19,23H,18H2,1-2H3,(H,25,27)/p+1/t19-/m1/s1. The fourth-order valence-electron chi connectivity index (χ4n) is 3.21. The van der Waals surface area contributed by atoms with Gasteiger partial charge in [0, 0.05) is 5.56 Å². The lowest BCUT2D eigenvalue weighted by Crippen LogP contribution is -3.12. The average molecular weight is 359 g/mol. The number of likely N-dealkylation sites (N-methyl/N-ethyl adjacent to an activating group) is 1. The Morgan fingerprint density at radius 2 is 1.26 bits per heavy atom. The predicted molar refractivity (Wildman–Crippen MR) is 109 cm³/mol. The van der Waals surface area contributed by atoms with Crippen LogP contribution in [-0.4, -0.2) is 19.0 Å². The number of benzene rings is 3. The molecular weight excluding hydrogens is 332 g/mol. The number of hydrogen-bond acceptors (Lipinski definition) is 1. The second-order valence-electron chi connectivity index (χ2n) is 6.99. The first-order valence-corrected chi connectivity index (χ1v) is 9.41. The molecule has 0 saturated heterocycles. The molecule has 1 unspecified atom stereocenters. The van der Waals surface area contributed by atoms with Crippen molar-refractivity contribution in [2.75, 3.05) is 7.05 Å². The summed E-state index contributed by atoms with van der Waals surface area (Å²) in [6.07, 6.45) is 0. The van der Waals surface area contributed by atoms with Crippen molar-refractivity contribution in [1.29, 1.82) is 0 Å². The molecule has 0 heterocycles. The van der Waals surface area contributed by atoms with E-state index in [1.54, 1.807) is 0 Å². The molecule has 3 nitrogen and oxygen atoms in total. The number of carbonyl (C=O) groups excluding carboxylic acids is 1. The maximum Gasteiger partial charge on any atom is 0.278 e. The molecule has 2 N–H and O–H groups in total. The van der Waals surface area contributed by atoms with Gasteiger partial charge in [-0.15, -0.1) is 0 Å². The summed E-state index contributed by atoms with van der Waals surface area (Å²) in [7, 11) is 2.07. The van der Waals surface area contributed by atoms with Crippen LogP contribution in [-0.2, 0) is 11.3 Å². The summed E-state index contributed by atoms with van der Waals surface area (Å²) in [6, 6.07) is 30.2. The highest BCUT2D eigenvalue weighted by Crippen LogP contribution is 2.21. The van der Waals surface area contributed by atoms with Crippen molar-refractivity contribution in [3.05, 3.63) is 108 Å². The highest BCUT2D eigenvalue weighted by molar-refractivity contribution is 5.80. The van der Waals surface area contributed by atoms with E-state index in [0.29, 0.717) is 0 Å². The Balaban J connectivity index is 1.74. The van der Waals surface area contributed by atoms with Crippen LogP contribution in [0.2, 0.25) is 0 Å². The van der Waals surface area contributed by atoms with Gasteiger partial charge in [-0.3, -0.25) is 4.79 Å². The van der Waals surface area contributed by atoms with E-state index >= 15 is 0 Å². The van der Waals surface area contributed by atoms with Gasteiger partial charge in [0.05, 0.1) is 13.1 Å². The largest absolute Gasteiger partial charge is 0.340 e. The maximum absolute atomic E-state index is 13.0. The van der Waals surface area contributed by atoms with Crippen LogP contribution in [0.1, 0.15) is 29.7 Å². The molecule has 0 aromatic heterocycles. The van der Waals surface area contributed by atoms with Crippen molar-refractivity contribution in [3.63, 3.8) is 0 Å². The molecular formula is C24H27N2O+. The molecule has 138 valence electrons. The Bertz CT molecular complexity index is 795. The van der Waals surface area contributed by atoms with E-state index in [1.807, 2.05) is 61.5 Å². The molecule has 0 aliphatic heterocycles. The number of amides is 1. The van der Waals surface area contributed by atoms with Crippen molar-refractivity contribution >= 4 is 5.91 Å². The monoisotopic (exact) mass is 359 g/mol. The molecule has 27 heavy (non-hydrogen) atoms. The minimum absolute atomic E-state index is 0.0566. The minimum Gasteiger partial charge on any atom is -0.340 e. The first kappa shape index (κ1) is 18.9. The number of hydrogen-bond donors (Lipinski definition) is 2. The highest BCUT2D eigenvalue weighted by atomic mass is 16.2. The van der Waals surface area contributed by atoms with Crippen molar-refractivity contribution < 1.29 is 9.69 Å². The third kappa shape index (κ3) is 5.05. The quantitative estimate of drug-likeness (QED) is 0.668. The molecule has 3 aromatic rings. The molecule has 0 aliphatic carbocycles. The van der Waals surface area contributed by atoms with Gasteiger partial charge in [-0.1, -0.05) is 91.0 Å². The number of carbonyl (C=O) groups is 1. The summed E-state index contributed by atoms with van der Waals surface area (Å²) in [4.78, 5) is 14.2. The van der Waals surface area contributed by atoms with Crippen LogP contribution in [0.15, 0.2) is 91.0 Å². The lowest BCUT2D eigenvalue weighted by molar-refractivity contribution is -0.908. The van der Waals surface area contributed by atoms with Gasteiger partial charge in [-0.25, -0.2) is 0 Å². The Hall–Kier alpha value is -2.91. The molecule has 0 aliphatic rings. The molecule has 3 heteroatoms. The van der Waals surface area contributed by atoms with E-state index < -0.39 is 0 Å². The Morgan fingerprint density at radius 3 is 1.74 bits per heavy atom. The van der Waals surface area contributed by atoms with Crippen molar-refractivity contribution in [2.24, 2.45) is 0 Å². The third-order valence-corrected chi connectivity index (χ3v) is 5.01. The van der Waals surface area contributed by atoms with E-state index in [1.165, 1.54) is 10.5 Å². The summed E-state index contributed by atoms with van der Waals surface area (Å²) >= 11 is 0. The lowest BCUT2D eigenvalue weighted by atomic mass is 9.98. The van der Waals surface area contributed by atoms with Crippen LogP contribution in [0.5, 0.6) is 0 Å². The SMILES string of the molecule is C[C@H](C(=O)NC(c1ccccc1)c1ccccc1)[NH+](C)Cc1ccccc1. The molecule has 0 radical (unpaired) electrons. The molecule has 3 rings (SSSR count). The summed E-state index contributed by atoms with van der Waals surface area (Å²) in [5.41, 5.74) is 3.41. The average Bonchev–Trinajstić information content (AvgIpc) is 2.73. The normalized spacial score (nSPS) is 13.1. The van der Waals surface area contributed by atoms with E-state index in [9.17, 15) is 4.79 Å². The maximum atomic E-state index is 13.0. The van der Waals surface area contributed by atoms with Gasteiger partial charge in [0.1, 0.15) is 6.54 Å². The zero-order valence-corrected chi connectivity index (χ0v) is 15.9. The topological polar surface area (TPSA) is 33.5 Å². The summed E-state index contributed by atoms with van der Waals surface area (Å²) in [5.74, 6) is 0.0566. The lowest BCUT2D eigenvalue weighted by Gasteiger charge is -2.25. The van der Waals surface area contributed by atoms with Crippen molar-refractivity contribution in [3.8, 4) is 0 Å². The number of rotatable bonds is 7. The number of quaternary nitrogens is 1. The van der Waals surface area contributed by atoms with Crippen LogP contribution in [0.25, 0.3) is 0 Å². The fraction of sp³-hybridized carbons (Fsp3) is 0.208. The second kappa shape index (κ2) is 9.15. The summed E-state index contributed by atoms with van der Waals surface area (Å²) < 4.78 is 0. The smallest absolute Gasteiger partial charge is 0.278 e. The van der Waals surface area contributed by atoms with Crippen LogP contribution in [0, 0.1) is 0 Å². The molecule has 0 saturated carbocycles. The zero-order chi connectivity index (χ0) is 19.1. The molecule has 0 bridgehead atoms. The van der Waals surface area contributed by atoms with Crippen LogP contribution >= 0.6 is 0 Å². The van der Waals surface area contributed by atoms with Gasteiger partial charge in [0.25, 0.3) is 5.91 Å². The fourth-order valence-corrected chi connectivity index (χ4v) is 3.21. The van der Waals surface area contributed by atoms with E-state index in [0.717, 1.165) is 17.7 Å². The van der Waals surface area contributed by atoms with Gasteiger partial charge < -0.3 is 10.2 Å². The van der Waals surface area contributed by atoms with Crippen LogP contribution in [0.4, 0.5) is 0 Å². The Morgan fingerprint density at radius 1 is 0.815 bits per heavy atom. The molecule has 3 aromatic carbocycles. The second-order valence-corrected chi connectivity index (χ2v) is 6.99. The summed E-state index contributed by atoms with van der Waals surface area (Å²) in [5, 5.41) is 3.26. The Labute approximate surface area is 161 Å². The van der Waals surface area contributed by atoms with Gasteiger partial charge in [-0.05, 0) is 18.1 Å². The van der Waals surface area contributed by atoms with Crippen molar-refractivity contribution in [1.82, 2.24) is 5.32 Å². The first-order chi connectivity index (χ1) is 13.1. The first-order valence-electron chi connectivity index (χ1n) is 9.41. The molecule has 1 amide bonds. The van der Waals surface area contributed by atoms with Gasteiger partial charge in [0.2, 0.25) is 0 Å². The van der Waals surface area contributed by atoms with Crippen LogP contribution in [0.3, 0.4) is 0 Å². The summed E-state index contributed by atoms with van der Waals surface area (Å²) in [6.45, 7) is 2.80. The zero-order valence-electron chi connectivity index (χ0n) is 15.9. The van der Waals surface area contributed by atoms with E-state index in [-0.39, 0.29) is 18.0 Å². The highest BCUT2D eigenvalue weighted by Gasteiger charge is 2.25. The van der Waals surface area contributed by atoms with Crippen LogP contribution < -0.4 is 10.2 Å². The van der Waals surface area contributed by atoms with Crippen molar-refractivity contribution in [2.45, 2.75) is 25.6 Å². The van der Waals surface area contributed by atoms with E-state index in [4.69, 9.17) is 0 Å². The predicted octanol–water partition coefficient (Wildman–Crippen LogP) is 3.00. The van der Waals surface area contributed by atoms with E-state index in [2.05, 4.69) is 48.8 Å². The Kier molecular flexibility index (Phi) is 6.39. The molecule has 0 spiro atoms. The third-order valence-electron chi connectivity index (χ3n) is 5.01. The van der Waals surface area contributed by atoms with Gasteiger partial charge in [-0.2, -0.15) is 0 Å². The van der Waals surface area contributed by atoms with Gasteiger partial charge >= 0.3 is 0 Å². The molecule has 0 fully saturated rings. The number of nitrogens with one attached hydrogen (secondary N) is 2. The molecule has 2 atom stereocenters. The minimum atomic E-state index is -0.153.